The van der Waals surface area contributed by atoms with Gasteiger partial charge in [-0.2, -0.15) is 5.10 Å². The summed E-state index contributed by atoms with van der Waals surface area (Å²) in [6.45, 7) is 1.32. The SMILES string of the molecule is CNC(=O)C[C@@H]1CNCc2c(-c3ccncc3)c(-c3ccc(F)cc3)nn21.Cl. The lowest BCUT2D eigenvalue weighted by atomic mass is 9.98. The maximum Gasteiger partial charge on any atom is 0.221 e. The lowest BCUT2D eigenvalue weighted by Gasteiger charge is -2.25. The fraction of sp³-hybridized carbons (Fsp3) is 0.250. The van der Waals surface area contributed by atoms with Gasteiger partial charge in [0.1, 0.15) is 11.5 Å². The van der Waals surface area contributed by atoms with Crippen molar-refractivity contribution in [3.05, 3.63) is 60.3 Å². The van der Waals surface area contributed by atoms with Crippen LogP contribution < -0.4 is 10.6 Å². The molecule has 3 heterocycles. The molecule has 0 unspecified atom stereocenters. The number of nitrogens with one attached hydrogen (secondary N) is 2. The van der Waals surface area contributed by atoms with Crippen molar-refractivity contribution < 1.29 is 9.18 Å². The first-order chi connectivity index (χ1) is 13.2. The molecule has 1 aliphatic rings. The molecule has 0 bridgehead atoms. The minimum absolute atomic E-state index is 0. The summed E-state index contributed by atoms with van der Waals surface area (Å²) in [5.41, 5.74) is 4.61. The molecule has 3 aromatic rings. The van der Waals surface area contributed by atoms with Gasteiger partial charge in [-0.15, -0.1) is 12.4 Å². The number of rotatable bonds is 4. The number of amides is 1. The number of nitrogens with zero attached hydrogens (tertiary/aromatic N) is 3. The van der Waals surface area contributed by atoms with Crippen LogP contribution >= 0.6 is 12.4 Å². The van der Waals surface area contributed by atoms with E-state index in [-0.39, 0.29) is 30.2 Å². The normalized spacial score (nSPS) is 15.4. The van der Waals surface area contributed by atoms with Gasteiger partial charge in [0.2, 0.25) is 5.91 Å². The number of halogens is 2. The summed E-state index contributed by atoms with van der Waals surface area (Å²) in [5.74, 6) is -0.314. The van der Waals surface area contributed by atoms with E-state index in [0.717, 1.165) is 28.1 Å². The standard InChI is InChI=1S/C20H20FN5O.ClH/c1-22-18(27)10-16-11-24-12-17-19(13-6-8-23-9-7-13)20(25-26(16)17)14-2-4-15(21)5-3-14;/h2-9,16,24H,10-12H2,1H3,(H,22,27);1H/t16-;/m1./s1. The average Bonchev–Trinajstić information content (AvgIpc) is 3.09. The zero-order chi connectivity index (χ0) is 18.8. The average molecular weight is 402 g/mol. The number of carbonyl (C=O) groups is 1. The number of carbonyl (C=O) groups excluding carboxylic acids is 1. The first-order valence-corrected chi connectivity index (χ1v) is 8.86. The number of fused-ring (bicyclic) bond motifs is 1. The van der Waals surface area contributed by atoms with E-state index in [9.17, 15) is 9.18 Å². The van der Waals surface area contributed by atoms with E-state index in [2.05, 4.69) is 15.6 Å². The van der Waals surface area contributed by atoms with Crippen LogP contribution in [-0.4, -0.2) is 34.3 Å². The summed E-state index contributed by atoms with van der Waals surface area (Å²) >= 11 is 0. The summed E-state index contributed by atoms with van der Waals surface area (Å²) in [5, 5.41) is 10.9. The molecule has 2 N–H and O–H groups in total. The summed E-state index contributed by atoms with van der Waals surface area (Å²) in [6, 6.07) is 10.1. The molecule has 0 saturated heterocycles. The number of hydrogen-bond acceptors (Lipinski definition) is 4. The zero-order valence-electron chi connectivity index (χ0n) is 15.4. The lowest BCUT2D eigenvalue weighted by molar-refractivity contribution is -0.121. The molecular formula is C20H21ClFN5O. The summed E-state index contributed by atoms with van der Waals surface area (Å²) < 4.78 is 15.4. The molecule has 1 aliphatic heterocycles. The van der Waals surface area contributed by atoms with Gasteiger partial charge in [0, 0.05) is 43.7 Å². The van der Waals surface area contributed by atoms with Crippen LogP contribution in [0.15, 0.2) is 48.8 Å². The monoisotopic (exact) mass is 401 g/mol. The highest BCUT2D eigenvalue weighted by Gasteiger charge is 2.28. The van der Waals surface area contributed by atoms with Crippen LogP contribution in [0.3, 0.4) is 0 Å². The van der Waals surface area contributed by atoms with Crippen LogP contribution in [0.25, 0.3) is 22.4 Å². The Morgan fingerprint density at radius 1 is 1.21 bits per heavy atom. The van der Waals surface area contributed by atoms with Crippen LogP contribution in [0.1, 0.15) is 18.2 Å². The highest BCUT2D eigenvalue weighted by atomic mass is 35.5. The first-order valence-electron chi connectivity index (χ1n) is 8.86. The molecule has 0 spiro atoms. The molecule has 1 atom stereocenters. The van der Waals surface area contributed by atoms with E-state index in [4.69, 9.17) is 5.10 Å². The maximum absolute atomic E-state index is 13.4. The smallest absolute Gasteiger partial charge is 0.221 e. The topological polar surface area (TPSA) is 71.8 Å². The Kier molecular flexibility index (Phi) is 6.06. The summed E-state index contributed by atoms with van der Waals surface area (Å²) in [4.78, 5) is 16.0. The molecule has 8 heteroatoms. The largest absolute Gasteiger partial charge is 0.359 e. The van der Waals surface area contributed by atoms with Gasteiger partial charge in [0.25, 0.3) is 0 Å². The van der Waals surface area contributed by atoms with Gasteiger partial charge in [-0.1, -0.05) is 0 Å². The van der Waals surface area contributed by atoms with Gasteiger partial charge in [-0.25, -0.2) is 4.39 Å². The minimum atomic E-state index is -0.285. The Balaban J connectivity index is 0.00000225. The quantitative estimate of drug-likeness (QED) is 0.705. The van der Waals surface area contributed by atoms with E-state index in [1.807, 2.05) is 16.8 Å². The first kappa shape index (κ1) is 20.0. The van der Waals surface area contributed by atoms with Crippen molar-refractivity contribution in [1.82, 2.24) is 25.4 Å². The molecule has 0 fully saturated rings. The minimum Gasteiger partial charge on any atom is -0.359 e. The molecule has 0 saturated carbocycles. The Labute approximate surface area is 168 Å². The highest BCUT2D eigenvalue weighted by Crippen LogP contribution is 2.37. The fourth-order valence-corrected chi connectivity index (χ4v) is 3.49. The second-order valence-electron chi connectivity index (χ2n) is 6.52. The van der Waals surface area contributed by atoms with E-state index in [1.54, 1.807) is 31.6 Å². The van der Waals surface area contributed by atoms with Crippen LogP contribution in [0, 0.1) is 5.82 Å². The molecule has 4 rings (SSSR count). The Bertz CT molecular complexity index is 959. The van der Waals surface area contributed by atoms with Gasteiger partial charge < -0.3 is 10.6 Å². The Morgan fingerprint density at radius 3 is 2.61 bits per heavy atom. The number of hydrogen-bond donors (Lipinski definition) is 2. The Morgan fingerprint density at radius 2 is 1.93 bits per heavy atom. The fourth-order valence-electron chi connectivity index (χ4n) is 3.49. The zero-order valence-corrected chi connectivity index (χ0v) is 16.2. The summed E-state index contributed by atoms with van der Waals surface area (Å²) in [7, 11) is 1.63. The molecule has 1 aromatic carbocycles. The van der Waals surface area contributed by atoms with Gasteiger partial charge in [0.15, 0.2) is 0 Å². The Hall–Kier alpha value is -2.77. The predicted molar refractivity (Wildman–Crippen MR) is 108 cm³/mol. The third kappa shape index (κ3) is 3.76. The third-order valence-electron chi connectivity index (χ3n) is 4.81. The van der Waals surface area contributed by atoms with E-state index in [0.29, 0.717) is 19.5 Å². The van der Waals surface area contributed by atoms with Crippen LogP contribution in [-0.2, 0) is 11.3 Å². The molecule has 2 aromatic heterocycles. The third-order valence-corrected chi connectivity index (χ3v) is 4.81. The predicted octanol–water partition coefficient (Wildman–Crippen LogP) is 2.95. The van der Waals surface area contributed by atoms with E-state index < -0.39 is 0 Å². The van der Waals surface area contributed by atoms with Crippen molar-refractivity contribution in [2.45, 2.75) is 19.0 Å². The lowest BCUT2D eigenvalue weighted by Crippen LogP contribution is -2.36. The van der Waals surface area contributed by atoms with Gasteiger partial charge in [-0.3, -0.25) is 14.5 Å². The molecule has 6 nitrogen and oxygen atoms in total. The number of pyridine rings is 1. The van der Waals surface area contributed by atoms with Crippen molar-refractivity contribution in [1.29, 1.82) is 0 Å². The van der Waals surface area contributed by atoms with Crippen molar-refractivity contribution in [2.75, 3.05) is 13.6 Å². The number of benzene rings is 1. The van der Waals surface area contributed by atoms with Gasteiger partial charge in [-0.05, 0) is 42.0 Å². The van der Waals surface area contributed by atoms with Gasteiger partial charge >= 0.3 is 0 Å². The van der Waals surface area contributed by atoms with Crippen LogP contribution in [0.4, 0.5) is 4.39 Å². The van der Waals surface area contributed by atoms with Crippen molar-refractivity contribution in [2.24, 2.45) is 0 Å². The van der Waals surface area contributed by atoms with Crippen molar-refractivity contribution in [3.63, 3.8) is 0 Å². The molecule has 0 radical (unpaired) electrons. The second-order valence-corrected chi connectivity index (χ2v) is 6.52. The molecular weight excluding hydrogens is 381 g/mol. The number of aromatic nitrogens is 3. The van der Waals surface area contributed by atoms with Crippen molar-refractivity contribution >= 4 is 18.3 Å². The maximum atomic E-state index is 13.4. The summed E-state index contributed by atoms with van der Waals surface area (Å²) in [6.07, 6.45) is 3.83. The van der Waals surface area contributed by atoms with E-state index >= 15 is 0 Å². The molecule has 0 aliphatic carbocycles. The van der Waals surface area contributed by atoms with Crippen LogP contribution in [0.2, 0.25) is 0 Å². The second kappa shape index (κ2) is 8.50. The molecule has 146 valence electrons. The van der Waals surface area contributed by atoms with Crippen LogP contribution in [0.5, 0.6) is 0 Å². The highest BCUT2D eigenvalue weighted by molar-refractivity contribution is 5.85. The van der Waals surface area contributed by atoms with Gasteiger partial charge in [0.05, 0.1) is 18.2 Å². The molecule has 28 heavy (non-hydrogen) atoms. The van der Waals surface area contributed by atoms with Crippen molar-refractivity contribution in [3.8, 4) is 22.4 Å². The molecule has 1 amide bonds. The van der Waals surface area contributed by atoms with E-state index in [1.165, 1.54) is 12.1 Å².